The maximum absolute atomic E-state index is 13.4. The Morgan fingerprint density at radius 3 is 2.59 bits per heavy atom. The van der Waals surface area contributed by atoms with E-state index in [1.54, 1.807) is 41.3 Å². The predicted molar refractivity (Wildman–Crippen MR) is 96.7 cm³/mol. The third kappa shape index (κ3) is 2.86. The summed E-state index contributed by atoms with van der Waals surface area (Å²) < 4.78 is 13.4. The number of nitrogens with zero attached hydrogens (tertiary/aromatic N) is 2. The minimum atomic E-state index is -0.479. The van der Waals surface area contributed by atoms with Crippen molar-refractivity contribution in [2.24, 2.45) is 0 Å². The number of phenols is 1. The van der Waals surface area contributed by atoms with Gasteiger partial charge >= 0.3 is 0 Å². The number of hydrogen-bond acceptors (Lipinski definition) is 4. The number of carbonyl (C=O) groups is 1. The molecule has 0 saturated heterocycles. The molecule has 138 valence electrons. The van der Waals surface area contributed by atoms with Crippen molar-refractivity contribution in [3.05, 3.63) is 71.2 Å². The number of H-pyrrole nitrogens is 1. The number of hydrogen-bond donors (Lipinski definition) is 3. The lowest BCUT2D eigenvalue weighted by Crippen LogP contribution is -2.31. The first-order valence-electron chi connectivity index (χ1n) is 8.65. The fourth-order valence-corrected chi connectivity index (χ4v) is 3.54. The Morgan fingerprint density at radius 1 is 1.15 bits per heavy atom. The maximum atomic E-state index is 13.4. The average molecular weight is 367 g/mol. The summed E-state index contributed by atoms with van der Waals surface area (Å²) in [5, 5.41) is 26.5. The summed E-state index contributed by atoms with van der Waals surface area (Å²) in [4.78, 5) is 14.6. The lowest BCUT2D eigenvalue weighted by Gasteiger charge is -2.26. The second-order valence-corrected chi connectivity index (χ2v) is 6.41. The fraction of sp³-hybridized carbons (Fsp3) is 0.200. The molecule has 0 bridgehead atoms. The number of phenolic OH excluding ortho intramolecular Hbond substituents is 1. The Balaban J connectivity index is 1.88. The number of aliphatic hydroxyl groups excluding tert-OH is 1. The summed E-state index contributed by atoms with van der Waals surface area (Å²) in [6.45, 7) is 0.304. The standard InChI is InChI=1S/C20H18FN3O3/c21-13-8-6-12(7-9-13)19-16-17(14-4-1-2-5-15(14)26)22-23-18(16)20(27)24(19)10-3-11-25/h1-2,4-9,19,25-26H,3,10-11H2,(H,22,23)/t19-/m0/s1. The van der Waals surface area contributed by atoms with E-state index < -0.39 is 6.04 Å². The molecular weight excluding hydrogens is 349 g/mol. The molecule has 0 spiro atoms. The Hall–Kier alpha value is -3.19. The van der Waals surface area contributed by atoms with Gasteiger partial charge in [0.05, 0.1) is 6.04 Å². The molecule has 27 heavy (non-hydrogen) atoms. The molecule has 1 aromatic heterocycles. The number of fused-ring (bicyclic) bond motifs is 1. The Morgan fingerprint density at radius 2 is 1.89 bits per heavy atom. The number of aromatic amines is 1. The molecule has 3 N–H and O–H groups in total. The van der Waals surface area contributed by atoms with Crippen LogP contribution in [-0.4, -0.2) is 44.4 Å². The molecule has 7 heteroatoms. The van der Waals surface area contributed by atoms with Crippen LogP contribution >= 0.6 is 0 Å². The Labute approximate surface area is 154 Å². The number of aromatic hydroxyl groups is 1. The van der Waals surface area contributed by atoms with Gasteiger partial charge in [0.1, 0.15) is 23.0 Å². The van der Waals surface area contributed by atoms with Crippen molar-refractivity contribution < 1.29 is 19.4 Å². The van der Waals surface area contributed by atoms with Gasteiger partial charge in [-0.3, -0.25) is 9.89 Å². The van der Waals surface area contributed by atoms with Crippen LogP contribution in [0.2, 0.25) is 0 Å². The molecule has 0 aliphatic carbocycles. The van der Waals surface area contributed by atoms with E-state index in [1.165, 1.54) is 12.1 Å². The number of aliphatic hydroxyl groups is 1. The van der Waals surface area contributed by atoms with E-state index in [0.717, 1.165) is 5.56 Å². The van der Waals surface area contributed by atoms with E-state index in [0.29, 0.717) is 35.5 Å². The van der Waals surface area contributed by atoms with Gasteiger partial charge < -0.3 is 15.1 Å². The first-order chi connectivity index (χ1) is 13.1. The summed E-state index contributed by atoms with van der Waals surface area (Å²) in [5.41, 5.74) is 2.72. The van der Waals surface area contributed by atoms with Crippen LogP contribution in [0.15, 0.2) is 48.5 Å². The van der Waals surface area contributed by atoms with Crippen LogP contribution < -0.4 is 0 Å². The molecule has 6 nitrogen and oxygen atoms in total. The molecule has 1 aliphatic heterocycles. The second kappa shape index (κ2) is 6.85. The summed E-state index contributed by atoms with van der Waals surface area (Å²) in [5.74, 6) is -0.536. The molecule has 1 amide bonds. The minimum absolute atomic E-state index is 0.0432. The number of para-hydroxylation sites is 1. The number of nitrogens with one attached hydrogen (secondary N) is 1. The molecule has 2 heterocycles. The monoisotopic (exact) mass is 367 g/mol. The highest BCUT2D eigenvalue weighted by Gasteiger charge is 2.42. The van der Waals surface area contributed by atoms with Gasteiger partial charge in [0.2, 0.25) is 0 Å². The summed E-state index contributed by atoms with van der Waals surface area (Å²) in [6, 6.07) is 12.3. The zero-order chi connectivity index (χ0) is 19.0. The smallest absolute Gasteiger partial charge is 0.273 e. The van der Waals surface area contributed by atoms with Gasteiger partial charge in [0.15, 0.2) is 0 Å². The van der Waals surface area contributed by atoms with Gasteiger partial charge in [-0.15, -0.1) is 0 Å². The van der Waals surface area contributed by atoms with Gasteiger partial charge in [0, 0.05) is 24.3 Å². The van der Waals surface area contributed by atoms with Crippen molar-refractivity contribution in [1.29, 1.82) is 0 Å². The van der Waals surface area contributed by atoms with Gasteiger partial charge in [-0.25, -0.2) is 4.39 Å². The highest BCUT2D eigenvalue weighted by Crippen LogP contribution is 2.44. The third-order valence-corrected chi connectivity index (χ3v) is 4.77. The van der Waals surface area contributed by atoms with Crippen LogP contribution in [0.5, 0.6) is 5.75 Å². The second-order valence-electron chi connectivity index (χ2n) is 6.41. The molecule has 0 unspecified atom stereocenters. The van der Waals surface area contributed by atoms with Crippen molar-refractivity contribution in [3.8, 4) is 17.0 Å². The number of amides is 1. The molecule has 1 aliphatic rings. The van der Waals surface area contributed by atoms with Gasteiger partial charge in [-0.1, -0.05) is 24.3 Å². The summed E-state index contributed by atoms with van der Waals surface area (Å²) >= 11 is 0. The Bertz CT molecular complexity index is 984. The molecule has 3 aromatic rings. The highest BCUT2D eigenvalue weighted by atomic mass is 19.1. The average Bonchev–Trinajstić information content (AvgIpc) is 3.21. The Kier molecular flexibility index (Phi) is 4.37. The van der Waals surface area contributed by atoms with Gasteiger partial charge in [-0.05, 0) is 36.2 Å². The van der Waals surface area contributed by atoms with Crippen molar-refractivity contribution in [1.82, 2.24) is 15.1 Å². The van der Waals surface area contributed by atoms with Crippen LogP contribution in [0.1, 0.15) is 34.1 Å². The number of aromatic nitrogens is 2. The molecule has 2 aromatic carbocycles. The van der Waals surface area contributed by atoms with Crippen molar-refractivity contribution >= 4 is 5.91 Å². The predicted octanol–water partition coefficient (Wildman–Crippen LogP) is 2.85. The number of benzene rings is 2. The van der Waals surface area contributed by atoms with Crippen molar-refractivity contribution in [2.75, 3.05) is 13.2 Å². The third-order valence-electron chi connectivity index (χ3n) is 4.77. The molecule has 4 rings (SSSR count). The van der Waals surface area contributed by atoms with Crippen LogP contribution in [0.3, 0.4) is 0 Å². The van der Waals surface area contributed by atoms with Crippen molar-refractivity contribution in [2.45, 2.75) is 12.5 Å². The highest BCUT2D eigenvalue weighted by molar-refractivity contribution is 6.00. The number of halogens is 1. The largest absolute Gasteiger partial charge is 0.507 e. The molecule has 0 saturated carbocycles. The molecule has 0 fully saturated rings. The van der Waals surface area contributed by atoms with Crippen LogP contribution in [0.4, 0.5) is 4.39 Å². The molecular formula is C20H18FN3O3. The zero-order valence-corrected chi connectivity index (χ0v) is 14.4. The normalized spacial score (nSPS) is 16.0. The zero-order valence-electron chi connectivity index (χ0n) is 14.4. The lowest BCUT2D eigenvalue weighted by atomic mass is 9.95. The quantitative estimate of drug-likeness (QED) is 0.647. The van der Waals surface area contributed by atoms with E-state index >= 15 is 0 Å². The maximum Gasteiger partial charge on any atom is 0.273 e. The van der Waals surface area contributed by atoms with E-state index in [4.69, 9.17) is 0 Å². The first kappa shape index (κ1) is 17.2. The summed E-state index contributed by atoms with van der Waals surface area (Å²) in [6.07, 6.45) is 0.424. The number of rotatable bonds is 5. The topological polar surface area (TPSA) is 89.5 Å². The molecule has 0 radical (unpaired) electrons. The fourth-order valence-electron chi connectivity index (χ4n) is 3.54. The van der Waals surface area contributed by atoms with Crippen LogP contribution in [0, 0.1) is 5.82 Å². The lowest BCUT2D eigenvalue weighted by molar-refractivity contribution is 0.0732. The van der Waals surface area contributed by atoms with Crippen LogP contribution in [0.25, 0.3) is 11.3 Å². The number of carbonyl (C=O) groups excluding carboxylic acids is 1. The van der Waals surface area contributed by atoms with Gasteiger partial charge in [0.25, 0.3) is 5.91 Å². The SMILES string of the molecule is O=C1c2[nH]nc(-c3ccccc3O)c2[C@H](c2ccc(F)cc2)N1CCCO. The molecule has 1 atom stereocenters. The van der Waals surface area contributed by atoms with E-state index in [2.05, 4.69) is 10.2 Å². The van der Waals surface area contributed by atoms with E-state index in [1.807, 2.05) is 0 Å². The van der Waals surface area contributed by atoms with Crippen molar-refractivity contribution in [3.63, 3.8) is 0 Å². The van der Waals surface area contributed by atoms with E-state index in [-0.39, 0.29) is 24.1 Å². The first-order valence-corrected chi connectivity index (χ1v) is 8.65. The van der Waals surface area contributed by atoms with E-state index in [9.17, 15) is 19.4 Å². The minimum Gasteiger partial charge on any atom is -0.507 e. The van der Waals surface area contributed by atoms with Crippen LogP contribution in [-0.2, 0) is 0 Å². The summed E-state index contributed by atoms with van der Waals surface area (Å²) in [7, 11) is 0. The van der Waals surface area contributed by atoms with Gasteiger partial charge in [-0.2, -0.15) is 5.10 Å².